The van der Waals surface area contributed by atoms with Gasteiger partial charge in [0.2, 0.25) is 5.79 Å². The van der Waals surface area contributed by atoms with Crippen molar-refractivity contribution in [1.82, 2.24) is 10.2 Å². The zero-order valence-electron chi connectivity index (χ0n) is 43.8. The first-order valence-electron chi connectivity index (χ1n) is 25.7. The molecule has 15 atom stereocenters. The molecule has 17 heteroatoms. The number of fused-ring (bicyclic) bond motifs is 3. The smallest absolute Gasteiger partial charge is 0.407 e. The van der Waals surface area contributed by atoms with E-state index in [2.05, 4.69) is 17.9 Å². The predicted molar refractivity (Wildman–Crippen MR) is 271 cm³/mol. The minimum atomic E-state index is -2.45. The number of hydrogen-bond donors (Lipinski definition) is 4. The van der Waals surface area contributed by atoms with Gasteiger partial charge in [0.25, 0.3) is 11.7 Å². The molecule has 16 nitrogen and oxygen atoms in total. The summed E-state index contributed by atoms with van der Waals surface area (Å²) in [7, 11) is 4.51. The Morgan fingerprint density at radius 3 is 2.31 bits per heavy atom. The van der Waals surface area contributed by atoms with Gasteiger partial charge < -0.3 is 48.9 Å². The third-order valence-corrected chi connectivity index (χ3v) is 15.3. The Kier molecular flexibility index (Phi) is 24.2. The van der Waals surface area contributed by atoms with Crippen molar-refractivity contribution in [2.24, 2.45) is 35.5 Å². The second kappa shape index (κ2) is 28.7. The fraction of sp³-hybridized carbons (Fsp3) is 0.741. The highest BCUT2D eigenvalue weighted by Gasteiger charge is 2.53. The van der Waals surface area contributed by atoms with Gasteiger partial charge in [-0.2, -0.15) is 12.6 Å². The number of alkyl carbamates (subject to hydrolysis) is 1. The monoisotopic (exact) mass is 1020 g/mol. The number of rotatable bonds is 9. The van der Waals surface area contributed by atoms with Crippen molar-refractivity contribution in [3.63, 3.8) is 0 Å². The number of esters is 1. The number of hydrogen-bond acceptors (Lipinski definition) is 15. The Labute approximate surface area is 427 Å². The van der Waals surface area contributed by atoms with Gasteiger partial charge in [-0.15, -0.1) is 0 Å². The largest absolute Gasteiger partial charge is 0.460 e. The predicted octanol–water partition coefficient (Wildman–Crippen LogP) is 6.84. The molecule has 3 fully saturated rings. The summed E-state index contributed by atoms with van der Waals surface area (Å²) in [5, 5.41) is 26.2. The number of methoxy groups -OCH3 is 3. The lowest BCUT2D eigenvalue weighted by Crippen LogP contribution is -2.61. The van der Waals surface area contributed by atoms with E-state index < -0.39 is 102 Å². The van der Waals surface area contributed by atoms with Crippen molar-refractivity contribution in [3.05, 3.63) is 47.6 Å². The van der Waals surface area contributed by atoms with Crippen LogP contribution in [0.4, 0.5) is 4.79 Å². The van der Waals surface area contributed by atoms with Crippen LogP contribution in [0, 0.1) is 35.5 Å². The Morgan fingerprint density at radius 2 is 1.63 bits per heavy atom. The average Bonchev–Trinajstić information content (AvgIpc) is 3.35. The van der Waals surface area contributed by atoms with Gasteiger partial charge in [-0.25, -0.2) is 9.59 Å². The van der Waals surface area contributed by atoms with Crippen molar-refractivity contribution in [1.29, 1.82) is 0 Å². The van der Waals surface area contributed by atoms with Gasteiger partial charge in [0, 0.05) is 70.8 Å². The fourth-order valence-electron chi connectivity index (χ4n) is 10.6. The number of piperidine rings is 1. The second-order valence-corrected chi connectivity index (χ2v) is 21.1. The third-order valence-electron chi connectivity index (χ3n) is 15.1. The minimum absolute atomic E-state index is 0.00597. The molecule has 0 aromatic rings. The highest BCUT2D eigenvalue weighted by molar-refractivity contribution is 7.80. The quantitative estimate of drug-likeness (QED) is 0.0806. The van der Waals surface area contributed by atoms with Crippen molar-refractivity contribution in [3.8, 4) is 0 Å². The number of Topliss-reactive ketones (excluding diaryl/α,β-unsaturated/α-hetero) is 3. The third kappa shape index (κ3) is 16.6. The maximum Gasteiger partial charge on any atom is 0.407 e. The molecule has 9 unspecified atom stereocenters. The van der Waals surface area contributed by atoms with Crippen LogP contribution in [0.5, 0.6) is 0 Å². The van der Waals surface area contributed by atoms with Crippen LogP contribution in [-0.2, 0) is 52.4 Å². The van der Waals surface area contributed by atoms with Crippen molar-refractivity contribution >= 4 is 47.9 Å². The molecule has 1 aliphatic carbocycles. The number of thiol groups is 1. The molecule has 3 heterocycles. The van der Waals surface area contributed by atoms with Crippen LogP contribution in [0.1, 0.15) is 126 Å². The van der Waals surface area contributed by atoms with Crippen LogP contribution in [0.25, 0.3) is 0 Å². The number of carbonyl (C=O) groups excluding carboxylic acids is 6. The number of amides is 2. The van der Waals surface area contributed by atoms with Crippen LogP contribution in [0.2, 0.25) is 0 Å². The molecule has 2 saturated heterocycles. The van der Waals surface area contributed by atoms with E-state index >= 15 is 0 Å². The van der Waals surface area contributed by atoms with Gasteiger partial charge in [0.1, 0.15) is 36.2 Å². The fourth-order valence-corrected chi connectivity index (χ4v) is 10.7. The molecule has 4 aliphatic rings. The maximum atomic E-state index is 14.5. The first-order chi connectivity index (χ1) is 33.7. The standard InChI is InChI=1S/C54H84N2O14S/c1-32-16-12-11-13-17-33(2)44(65-8)30-40-21-19-38(7)54(64,70-40)50(60)51(61)56-24-15-14-18-41(56)52(62)68-45(31-42(57)34(3)27-37(6)48(59)49(67-10)47(58)36(5)26-32)35(4)28-39-20-22-43(46(29-39)66-9)69-53(63)55-23-25-71/h11-13,16-17,27,32,34-36,38-41,43-46,48-49,59,64,71H,14-15,18-26,28-31H2,1-10H3,(H,55,63)/b13-11+,16-12+,33-17+,37-27+/t32?,34?,35?,36-,38-,39?,40?,41+,43-,44?,45?,46?,48-,49?,54-/m1/s1. The van der Waals surface area contributed by atoms with Crippen molar-refractivity contribution in [2.75, 3.05) is 40.2 Å². The van der Waals surface area contributed by atoms with E-state index in [-0.39, 0.29) is 42.8 Å². The lowest BCUT2D eigenvalue weighted by molar-refractivity contribution is -0.265. The molecule has 0 radical (unpaired) electrons. The van der Waals surface area contributed by atoms with Gasteiger partial charge in [-0.05, 0) is 107 Å². The first kappa shape index (κ1) is 59.8. The number of aliphatic hydroxyl groups excluding tert-OH is 1. The summed E-state index contributed by atoms with van der Waals surface area (Å²) < 4.78 is 35.4. The van der Waals surface area contributed by atoms with Gasteiger partial charge in [-0.1, -0.05) is 71.1 Å². The Balaban J connectivity index is 1.69. The molecule has 0 spiro atoms. The number of carbonyl (C=O) groups is 6. The van der Waals surface area contributed by atoms with Crippen LogP contribution < -0.4 is 5.32 Å². The summed E-state index contributed by atoms with van der Waals surface area (Å²) in [6.07, 6.45) is 10.2. The molecule has 400 valence electrons. The molecule has 0 aromatic carbocycles. The molecule has 4 rings (SSSR count). The molecule has 3 N–H and O–H groups in total. The van der Waals surface area contributed by atoms with Crippen LogP contribution in [0.15, 0.2) is 47.6 Å². The molecule has 2 amide bonds. The number of ether oxygens (including phenoxy) is 6. The Hall–Kier alpha value is -3.71. The molecule has 2 bridgehead atoms. The Bertz CT molecular complexity index is 1940. The minimum Gasteiger partial charge on any atom is -0.460 e. The number of nitrogens with zero attached hydrogens (tertiary/aromatic N) is 1. The van der Waals surface area contributed by atoms with Gasteiger partial charge in [0.05, 0.1) is 18.3 Å². The molecule has 0 aromatic heterocycles. The summed E-state index contributed by atoms with van der Waals surface area (Å²) in [4.78, 5) is 84.8. The van der Waals surface area contributed by atoms with Crippen molar-refractivity contribution in [2.45, 2.75) is 180 Å². The SMILES string of the molecule is COC1CC2CC[C@@H](C)[C@@](O)(O2)C(=O)C(=O)N2CCCC[C@H]2C(=O)OC(C(C)CC2CC[C@@H](OC(=O)NCCS)C(OC)C2)CC(=O)C(C)/C=C(\C)[C@@H](O)C(OC)C(=O)[C@H](C)CC(C)/C=C/C=C/C=C/1C. The van der Waals surface area contributed by atoms with Gasteiger partial charge >= 0.3 is 12.1 Å². The normalized spacial score (nSPS) is 37.8. The second-order valence-electron chi connectivity index (χ2n) is 20.6. The number of ketones is 3. The van der Waals surface area contributed by atoms with Crippen LogP contribution in [-0.4, -0.2) is 145 Å². The Morgan fingerprint density at radius 1 is 0.901 bits per heavy atom. The number of aliphatic hydroxyl groups is 2. The van der Waals surface area contributed by atoms with Crippen LogP contribution in [0.3, 0.4) is 0 Å². The molecule has 71 heavy (non-hydrogen) atoms. The summed E-state index contributed by atoms with van der Waals surface area (Å²) >= 11 is 4.14. The van der Waals surface area contributed by atoms with Crippen molar-refractivity contribution < 1.29 is 67.4 Å². The summed E-state index contributed by atoms with van der Waals surface area (Å²) in [6.45, 7) is 13.0. The van der Waals surface area contributed by atoms with E-state index in [0.29, 0.717) is 82.1 Å². The van der Waals surface area contributed by atoms with E-state index in [0.717, 1.165) is 5.57 Å². The molecular weight excluding hydrogens is 933 g/mol. The summed E-state index contributed by atoms with van der Waals surface area (Å²) in [5.74, 6) is -7.81. The summed E-state index contributed by atoms with van der Waals surface area (Å²) in [5.41, 5.74) is 1.24. The van der Waals surface area contributed by atoms with E-state index in [1.54, 1.807) is 41.1 Å². The summed E-state index contributed by atoms with van der Waals surface area (Å²) in [6, 6.07) is -1.17. The number of nitrogens with one attached hydrogen (secondary N) is 1. The molecule has 1 saturated carbocycles. The van der Waals surface area contributed by atoms with E-state index in [9.17, 15) is 39.0 Å². The lowest BCUT2D eigenvalue weighted by atomic mass is 9.78. The van der Waals surface area contributed by atoms with Gasteiger partial charge in [0.15, 0.2) is 5.78 Å². The first-order valence-corrected chi connectivity index (χ1v) is 26.4. The highest BCUT2D eigenvalue weighted by Crippen LogP contribution is 2.38. The van der Waals surface area contributed by atoms with E-state index in [4.69, 9.17) is 28.4 Å². The number of allylic oxidation sites excluding steroid dienone is 6. The zero-order chi connectivity index (χ0) is 52.6. The topological polar surface area (TPSA) is 214 Å². The average molecular weight is 1020 g/mol. The highest BCUT2D eigenvalue weighted by atomic mass is 32.1. The van der Waals surface area contributed by atoms with E-state index in [1.807, 2.05) is 58.1 Å². The lowest BCUT2D eigenvalue weighted by Gasteiger charge is -2.42. The molecular formula is C54H84N2O14S. The molecule has 3 aliphatic heterocycles. The van der Waals surface area contributed by atoms with E-state index in [1.165, 1.54) is 12.0 Å². The maximum absolute atomic E-state index is 14.5. The zero-order valence-corrected chi connectivity index (χ0v) is 44.7. The van der Waals surface area contributed by atoms with Crippen LogP contribution >= 0.6 is 12.6 Å². The van der Waals surface area contributed by atoms with Gasteiger partial charge in [-0.3, -0.25) is 19.2 Å². The number of cyclic esters (lactones) is 1.